The third-order valence-electron chi connectivity index (χ3n) is 2.54. The van der Waals surface area contributed by atoms with Gasteiger partial charge in [-0.3, -0.25) is 0 Å². The number of rotatable bonds is 1. The largest absolute Gasteiger partial charge is 0.248 e. The van der Waals surface area contributed by atoms with Crippen molar-refractivity contribution < 1.29 is 0 Å². The number of hydrogen-bond acceptors (Lipinski definition) is 0. The van der Waals surface area contributed by atoms with Crippen LogP contribution in [0.3, 0.4) is 0 Å². The van der Waals surface area contributed by atoms with Gasteiger partial charge in [0.25, 0.3) is 0 Å². The van der Waals surface area contributed by atoms with Gasteiger partial charge in [0.15, 0.2) is 0 Å². The normalized spacial score (nSPS) is 12.9. The van der Waals surface area contributed by atoms with E-state index in [0.717, 1.165) is 11.4 Å². The molecule has 0 aromatic heterocycles. The van der Waals surface area contributed by atoms with Crippen LogP contribution in [-0.4, -0.2) is 0 Å². The Kier molecular flexibility index (Phi) is 1.82. The van der Waals surface area contributed by atoms with Crippen LogP contribution < -0.4 is 5.32 Å². The first kappa shape index (κ1) is 8.30. The molecule has 3 rings (SSSR count). The van der Waals surface area contributed by atoms with E-state index >= 15 is 0 Å². The van der Waals surface area contributed by atoms with E-state index < -0.39 is 0 Å². The second kappa shape index (κ2) is 3.28. The van der Waals surface area contributed by atoms with Crippen LogP contribution in [0.15, 0.2) is 54.6 Å². The van der Waals surface area contributed by atoms with Crippen molar-refractivity contribution in [1.82, 2.24) is 5.32 Å². The number of hydrogen-bond donors (Lipinski definition) is 0. The van der Waals surface area contributed by atoms with Gasteiger partial charge < -0.3 is 0 Å². The van der Waals surface area contributed by atoms with E-state index in [1.807, 2.05) is 36.4 Å². The van der Waals surface area contributed by atoms with Crippen molar-refractivity contribution >= 4 is 17.5 Å². The van der Waals surface area contributed by atoms with Crippen LogP contribution in [0.1, 0.15) is 11.1 Å². The van der Waals surface area contributed by atoms with Gasteiger partial charge in [-0.25, -0.2) is 5.32 Å². The summed E-state index contributed by atoms with van der Waals surface area (Å²) in [5, 5.41) is 4.58. The lowest BCUT2D eigenvalue weighted by Crippen LogP contribution is -1.91. The molecule has 0 saturated carbocycles. The Morgan fingerprint density at radius 3 is 2.27 bits per heavy atom. The van der Waals surface area contributed by atoms with E-state index in [-0.39, 0.29) is 0 Å². The topological polar surface area (TPSA) is 14.1 Å². The molecule has 1 aliphatic rings. The molecule has 0 bridgehead atoms. The van der Waals surface area contributed by atoms with Gasteiger partial charge in [0.2, 0.25) is 0 Å². The molecule has 0 saturated heterocycles. The Bertz CT molecular complexity index is 512. The molecule has 1 heteroatoms. The molecule has 1 nitrogen and oxygen atoms in total. The number of benzene rings is 2. The summed E-state index contributed by atoms with van der Waals surface area (Å²) >= 11 is 0. The fourth-order valence-corrected chi connectivity index (χ4v) is 1.78. The number of para-hydroxylation sites is 1. The first-order chi connectivity index (χ1) is 7.43. The predicted molar refractivity (Wildman–Crippen MR) is 62.5 cm³/mol. The average Bonchev–Trinajstić information content (AvgIpc) is 2.74. The third kappa shape index (κ3) is 1.42. The van der Waals surface area contributed by atoms with Gasteiger partial charge >= 0.3 is 0 Å². The maximum Gasteiger partial charge on any atom is 0.0716 e. The van der Waals surface area contributed by atoms with Crippen LogP contribution in [0.2, 0.25) is 0 Å². The summed E-state index contributed by atoms with van der Waals surface area (Å²) in [5.41, 5.74) is 4.50. The van der Waals surface area contributed by atoms with E-state index in [4.69, 9.17) is 0 Å². The van der Waals surface area contributed by atoms with Crippen LogP contribution in [0, 0.1) is 0 Å². The fourth-order valence-electron chi connectivity index (χ4n) is 1.78. The maximum absolute atomic E-state index is 4.58. The minimum absolute atomic E-state index is 1.05. The molecule has 1 aliphatic heterocycles. The predicted octanol–water partition coefficient (Wildman–Crippen LogP) is 3.43. The molecule has 71 valence electrons. The van der Waals surface area contributed by atoms with Crippen molar-refractivity contribution in [2.45, 2.75) is 0 Å². The summed E-state index contributed by atoms with van der Waals surface area (Å²) in [5.74, 6) is 0. The Labute approximate surface area is 89.1 Å². The molecule has 0 atom stereocenters. The number of nitrogens with zero attached hydrogens (tertiary/aromatic N) is 1. The zero-order valence-corrected chi connectivity index (χ0v) is 8.22. The lowest BCUT2D eigenvalue weighted by Gasteiger charge is -2.01. The van der Waals surface area contributed by atoms with Gasteiger partial charge in [0, 0.05) is 11.1 Å². The summed E-state index contributed by atoms with van der Waals surface area (Å²) in [4.78, 5) is 0. The van der Waals surface area contributed by atoms with Gasteiger partial charge in [0.1, 0.15) is 0 Å². The minimum atomic E-state index is 1.05. The lowest BCUT2D eigenvalue weighted by molar-refractivity contribution is 1.23. The SMILES string of the molecule is C1=C(c2ccccc2)[N]c2ccccc21. The Hall–Kier alpha value is -2.02. The molecule has 0 fully saturated rings. The maximum atomic E-state index is 4.58. The van der Waals surface area contributed by atoms with Gasteiger partial charge in [-0.1, -0.05) is 48.5 Å². The standard InChI is InChI=1S/C14H10N/c1-2-6-11(7-3-1)14-10-12-8-4-5-9-13(12)15-14/h1-10H. The molecule has 1 heterocycles. The van der Waals surface area contributed by atoms with Gasteiger partial charge in [0.05, 0.1) is 11.4 Å². The molecule has 0 amide bonds. The van der Waals surface area contributed by atoms with E-state index in [2.05, 4.69) is 29.6 Å². The highest BCUT2D eigenvalue weighted by Crippen LogP contribution is 2.31. The van der Waals surface area contributed by atoms with Crippen molar-refractivity contribution in [3.05, 3.63) is 65.7 Å². The Morgan fingerprint density at radius 2 is 1.47 bits per heavy atom. The lowest BCUT2D eigenvalue weighted by atomic mass is 10.1. The van der Waals surface area contributed by atoms with E-state index in [1.165, 1.54) is 11.1 Å². The molecule has 1 radical (unpaired) electrons. The van der Waals surface area contributed by atoms with Crippen LogP contribution in [0.5, 0.6) is 0 Å². The van der Waals surface area contributed by atoms with Crippen molar-refractivity contribution in [2.75, 3.05) is 0 Å². The van der Waals surface area contributed by atoms with Crippen LogP contribution >= 0.6 is 0 Å². The first-order valence-electron chi connectivity index (χ1n) is 5.01. The van der Waals surface area contributed by atoms with Gasteiger partial charge in [-0.15, -0.1) is 0 Å². The van der Waals surface area contributed by atoms with Crippen LogP contribution in [0.4, 0.5) is 5.69 Å². The molecular weight excluding hydrogens is 182 g/mol. The second-order valence-electron chi connectivity index (χ2n) is 3.57. The molecule has 2 aromatic rings. The third-order valence-corrected chi connectivity index (χ3v) is 2.54. The highest BCUT2D eigenvalue weighted by Gasteiger charge is 2.13. The summed E-state index contributed by atoms with van der Waals surface area (Å²) in [6, 6.07) is 18.5. The quantitative estimate of drug-likeness (QED) is 0.657. The van der Waals surface area contributed by atoms with Crippen molar-refractivity contribution in [3.8, 4) is 0 Å². The molecular formula is C14H10N. The highest BCUT2D eigenvalue weighted by atomic mass is 14.9. The molecule has 0 spiro atoms. The average molecular weight is 192 g/mol. The van der Waals surface area contributed by atoms with E-state index in [0.29, 0.717) is 0 Å². The monoisotopic (exact) mass is 192 g/mol. The van der Waals surface area contributed by atoms with E-state index in [1.54, 1.807) is 0 Å². The van der Waals surface area contributed by atoms with Crippen LogP contribution in [0.25, 0.3) is 11.8 Å². The summed E-state index contributed by atoms with van der Waals surface area (Å²) in [6.45, 7) is 0. The first-order valence-corrected chi connectivity index (χ1v) is 5.01. The Balaban J connectivity index is 2.02. The zero-order valence-electron chi connectivity index (χ0n) is 8.22. The molecule has 0 N–H and O–H groups in total. The number of fused-ring (bicyclic) bond motifs is 1. The highest BCUT2D eigenvalue weighted by molar-refractivity contribution is 5.91. The fraction of sp³-hybridized carbons (Fsp3) is 0. The van der Waals surface area contributed by atoms with Crippen molar-refractivity contribution in [2.24, 2.45) is 0 Å². The smallest absolute Gasteiger partial charge is 0.0716 e. The van der Waals surface area contributed by atoms with Crippen molar-refractivity contribution in [3.63, 3.8) is 0 Å². The van der Waals surface area contributed by atoms with Gasteiger partial charge in [-0.05, 0) is 12.1 Å². The van der Waals surface area contributed by atoms with Gasteiger partial charge in [-0.2, -0.15) is 0 Å². The zero-order chi connectivity index (χ0) is 10.1. The summed E-state index contributed by atoms with van der Waals surface area (Å²) < 4.78 is 0. The Morgan fingerprint density at radius 1 is 0.733 bits per heavy atom. The molecule has 0 unspecified atom stereocenters. The minimum Gasteiger partial charge on any atom is -0.248 e. The molecule has 2 aromatic carbocycles. The molecule has 0 aliphatic carbocycles. The van der Waals surface area contributed by atoms with Crippen LogP contribution in [-0.2, 0) is 0 Å². The molecule has 15 heavy (non-hydrogen) atoms. The summed E-state index contributed by atoms with van der Waals surface area (Å²) in [6.07, 6.45) is 2.13. The van der Waals surface area contributed by atoms with E-state index in [9.17, 15) is 0 Å². The summed E-state index contributed by atoms with van der Waals surface area (Å²) in [7, 11) is 0. The van der Waals surface area contributed by atoms with Crippen molar-refractivity contribution in [1.29, 1.82) is 0 Å². The second-order valence-corrected chi connectivity index (χ2v) is 3.57.